The Morgan fingerprint density at radius 2 is 1.70 bits per heavy atom. The Bertz CT molecular complexity index is 133. The zero-order valence-corrected chi connectivity index (χ0v) is 5.23. The maximum Gasteiger partial charge on any atom is 0.393 e. The van der Waals surface area contributed by atoms with Crippen LogP contribution in [0.5, 0.6) is 0 Å². The minimum atomic E-state index is -4.16. The lowest BCUT2D eigenvalue weighted by Crippen LogP contribution is -2.61. The highest BCUT2D eigenvalue weighted by atomic mass is 19.4. The summed E-state index contributed by atoms with van der Waals surface area (Å²) < 4.78 is 35.4. The molecule has 0 aromatic heterocycles. The minimum Gasteiger partial charge on any atom is -0.326 e. The van der Waals surface area contributed by atoms with Crippen LogP contribution in [-0.4, -0.2) is 18.3 Å². The van der Waals surface area contributed by atoms with Crippen LogP contribution in [0, 0.1) is 5.92 Å². The molecule has 1 rings (SSSR count). The van der Waals surface area contributed by atoms with E-state index < -0.39 is 24.2 Å². The number of alkyl halides is 3. The lowest BCUT2D eigenvalue weighted by atomic mass is 9.75. The number of nitrogens with two attached hydrogens (primary N) is 2. The van der Waals surface area contributed by atoms with Crippen molar-refractivity contribution >= 4 is 0 Å². The second-order valence-corrected chi connectivity index (χ2v) is 2.63. The molecule has 0 heterocycles. The van der Waals surface area contributed by atoms with Crippen LogP contribution in [0.25, 0.3) is 0 Å². The molecule has 1 saturated carbocycles. The fraction of sp³-hybridized carbons (Fsp3) is 1.00. The van der Waals surface area contributed by atoms with Gasteiger partial charge in [-0.15, -0.1) is 0 Å². The zero-order valence-electron chi connectivity index (χ0n) is 5.23. The van der Waals surface area contributed by atoms with Crippen molar-refractivity contribution in [2.45, 2.75) is 24.7 Å². The second kappa shape index (κ2) is 2.10. The fourth-order valence-electron chi connectivity index (χ4n) is 1.06. The average molecular weight is 154 g/mol. The molecule has 60 valence electrons. The number of halogens is 3. The normalized spacial score (nSPS) is 41.1. The van der Waals surface area contributed by atoms with Gasteiger partial charge in [0.2, 0.25) is 0 Å². The molecule has 10 heavy (non-hydrogen) atoms. The van der Waals surface area contributed by atoms with E-state index in [1.165, 1.54) is 0 Å². The van der Waals surface area contributed by atoms with Crippen molar-refractivity contribution in [3.8, 4) is 0 Å². The summed E-state index contributed by atoms with van der Waals surface area (Å²) in [7, 11) is 0. The summed E-state index contributed by atoms with van der Waals surface area (Å²) in [5.41, 5.74) is 10.3. The van der Waals surface area contributed by atoms with E-state index in [1.54, 1.807) is 0 Å². The summed E-state index contributed by atoms with van der Waals surface area (Å²) in [5, 5.41) is 0. The Kier molecular flexibility index (Phi) is 1.64. The second-order valence-electron chi connectivity index (χ2n) is 2.63. The van der Waals surface area contributed by atoms with Gasteiger partial charge < -0.3 is 11.5 Å². The van der Waals surface area contributed by atoms with Crippen LogP contribution in [-0.2, 0) is 0 Å². The Hall–Kier alpha value is -0.290. The lowest BCUT2D eigenvalue weighted by Gasteiger charge is -2.40. The molecule has 3 atom stereocenters. The van der Waals surface area contributed by atoms with Crippen LogP contribution in [0.2, 0.25) is 0 Å². The highest BCUT2D eigenvalue weighted by molar-refractivity contribution is 4.98. The standard InChI is InChI=1S/C5H9F3N2/c6-5(7,8)2-1-3(9)4(2)10/h2-4H,1,9-10H2/t2-,3+,4+/m0/s1. The minimum absolute atomic E-state index is 0.0231. The Morgan fingerprint density at radius 3 is 1.80 bits per heavy atom. The molecule has 0 spiro atoms. The van der Waals surface area contributed by atoms with Crippen molar-refractivity contribution in [1.29, 1.82) is 0 Å². The van der Waals surface area contributed by atoms with Crippen molar-refractivity contribution in [2.75, 3.05) is 0 Å². The Balaban J connectivity index is 2.48. The first kappa shape index (κ1) is 7.81. The number of hydrogen-bond donors (Lipinski definition) is 2. The molecule has 0 aromatic carbocycles. The average Bonchev–Trinajstić information content (AvgIpc) is 1.79. The van der Waals surface area contributed by atoms with E-state index in [9.17, 15) is 13.2 Å². The molecule has 2 nitrogen and oxygen atoms in total. The summed E-state index contributed by atoms with van der Waals surface area (Å²) in [4.78, 5) is 0. The summed E-state index contributed by atoms with van der Waals surface area (Å²) >= 11 is 0. The van der Waals surface area contributed by atoms with Gasteiger partial charge in [-0.25, -0.2) is 0 Å². The van der Waals surface area contributed by atoms with E-state index in [4.69, 9.17) is 11.5 Å². The van der Waals surface area contributed by atoms with E-state index in [0.29, 0.717) is 0 Å². The molecule has 0 bridgehead atoms. The fourth-order valence-corrected chi connectivity index (χ4v) is 1.06. The van der Waals surface area contributed by atoms with Gasteiger partial charge in [-0.3, -0.25) is 0 Å². The van der Waals surface area contributed by atoms with E-state index in [0.717, 1.165) is 0 Å². The van der Waals surface area contributed by atoms with Gasteiger partial charge in [0.1, 0.15) is 0 Å². The molecule has 1 aliphatic rings. The van der Waals surface area contributed by atoms with Crippen LogP contribution in [0.4, 0.5) is 13.2 Å². The Morgan fingerprint density at radius 1 is 1.20 bits per heavy atom. The first-order valence-electron chi connectivity index (χ1n) is 3.01. The molecular weight excluding hydrogens is 145 g/mol. The lowest BCUT2D eigenvalue weighted by molar-refractivity contribution is -0.202. The smallest absolute Gasteiger partial charge is 0.326 e. The van der Waals surface area contributed by atoms with Crippen LogP contribution >= 0.6 is 0 Å². The van der Waals surface area contributed by atoms with E-state index in [1.807, 2.05) is 0 Å². The quantitative estimate of drug-likeness (QED) is 0.524. The van der Waals surface area contributed by atoms with Crippen molar-refractivity contribution in [2.24, 2.45) is 17.4 Å². The molecule has 4 N–H and O–H groups in total. The summed E-state index contributed by atoms with van der Waals surface area (Å²) in [6, 6.07) is -1.35. The van der Waals surface area contributed by atoms with Gasteiger partial charge in [-0.2, -0.15) is 13.2 Å². The van der Waals surface area contributed by atoms with Crippen molar-refractivity contribution in [1.82, 2.24) is 0 Å². The van der Waals surface area contributed by atoms with E-state index in [-0.39, 0.29) is 6.42 Å². The molecule has 1 aliphatic carbocycles. The van der Waals surface area contributed by atoms with Crippen molar-refractivity contribution < 1.29 is 13.2 Å². The zero-order chi connectivity index (χ0) is 7.94. The van der Waals surface area contributed by atoms with Crippen LogP contribution in [0.15, 0.2) is 0 Å². The predicted molar refractivity (Wildman–Crippen MR) is 30.1 cm³/mol. The van der Waals surface area contributed by atoms with Crippen molar-refractivity contribution in [3.05, 3.63) is 0 Å². The first-order chi connectivity index (χ1) is 4.43. The predicted octanol–water partition coefficient (Wildman–Crippen LogP) is 0.223. The van der Waals surface area contributed by atoms with Gasteiger partial charge in [0.05, 0.1) is 5.92 Å². The highest BCUT2D eigenvalue weighted by Gasteiger charge is 2.52. The van der Waals surface area contributed by atoms with Gasteiger partial charge in [0.15, 0.2) is 0 Å². The largest absolute Gasteiger partial charge is 0.393 e. The topological polar surface area (TPSA) is 52.0 Å². The third-order valence-corrected chi connectivity index (χ3v) is 1.91. The molecule has 5 heteroatoms. The Labute approximate surface area is 56.4 Å². The summed E-state index contributed by atoms with van der Waals surface area (Å²) in [6.45, 7) is 0. The summed E-state index contributed by atoms with van der Waals surface area (Å²) in [6.07, 6.45) is -4.18. The molecule has 0 aliphatic heterocycles. The molecule has 1 fully saturated rings. The van der Waals surface area contributed by atoms with Crippen LogP contribution < -0.4 is 11.5 Å². The maximum atomic E-state index is 11.8. The van der Waals surface area contributed by atoms with Gasteiger partial charge in [-0.1, -0.05) is 0 Å². The van der Waals surface area contributed by atoms with E-state index in [2.05, 4.69) is 0 Å². The monoisotopic (exact) mass is 154 g/mol. The van der Waals surface area contributed by atoms with Gasteiger partial charge in [0.25, 0.3) is 0 Å². The number of rotatable bonds is 0. The molecule has 0 saturated heterocycles. The first-order valence-corrected chi connectivity index (χ1v) is 3.01. The molecule has 0 amide bonds. The summed E-state index contributed by atoms with van der Waals surface area (Å²) in [5.74, 6) is -1.37. The van der Waals surface area contributed by atoms with Gasteiger partial charge in [0, 0.05) is 12.1 Å². The molecule has 0 aromatic rings. The van der Waals surface area contributed by atoms with Crippen molar-refractivity contribution in [3.63, 3.8) is 0 Å². The maximum absolute atomic E-state index is 11.8. The van der Waals surface area contributed by atoms with Crippen LogP contribution in [0.1, 0.15) is 6.42 Å². The van der Waals surface area contributed by atoms with Crippen LogP contribution in [0.3, 0.4) is 0 Å². The SMILES string of the molecule is N[C@H]1[C@H](N)C[C@@H]1C(F)(F)F. The molecule has 0 radical (unpaired) electrons. The third-order valence-electron chi connectivity index (χ3n) is 1.91. The molecule has 0 unspecified atom stereocenters. The highest BCUT2D eigenvalue weighted by Crippen LogP contribution is 2.39. The van der Waals surface area contributed by atoms with E-state index >= 15 is 0 Å². The molecular formula is C5H9F3N2. The number of hydrogen-bond acceptors (Lipinski definition) is 2. The van der Waals surface area contributed by atoms with Gasteiger partial charge in [-0.05, 0) is 6.42 Å². The van der Waals surface area contributed by atoms with Gasteiger partial charge >= 0.3 is 6.18 Å². The third kappa shape index (κ3) is 1.11.